The predicted molar refractivity (Wildman–Crippen MR) is 153 cm³/mol. The van der Waals surface area contributed by atoms with E-state index in [1.165, 1.54) is 18.0 Å². The van der Waals surface area contributed by atoms with Crippen molar-refractivity contribution >= 4 is 17.8 Å². The molecule has 1 aromatic heterocycles. The number of hydrogen-bond donors (Lipinski definition) is 4. The molecule has 0 radical (unpaired) electrons. The molecule has 1 saturated carbocycles. The Hall–Kier alpha value is -3.08. The number of benzene rings is 1. The number of ether oxygens (including phenoxy) is 1. The molecule has 1 aliphatic carbocycles. The minimum absolute atomic E-state index is 0.0959. The summed E-state index contributed by atoms with van der Waals surface area (Å²) < 4.78 is 5.78. The van der Waals surface area contributed by atoms with Crippen LogP contribution in [0.4, 0.5) is 5.95 Å². The standard InChI is InChI=1S/C30H44N6O4/c1-21(2)15-27(29(38)40-26-5-3-4-6-26)32-18-23-9-7-22(8-10-23)16-31-17-24-11-13-36(14-12-24)30-33-19-25(20-34-30)28(37)35-39/h7-10,19-21,24,26-27,31-32,39H,3-6,11-18H2,1-2H3,(H,35,37)/t27-/m0/s1. The Labute approximate surface area is 237 Å². The molecule has 1 aliphatic heterocycles. The highest BCUT2D eigenvalue weighted by Gasteiger charge is 2.26. The number of aromatic nitrogens is 2. The normalized spacial score (nSPS) is 17.2. The minimum Gasteiger partial charge on any atom is -0.461 e. The van der Waals surface area contributed by atoms with Crippen LogP contribution in [0.15, 0.2) is 36.7 Å². The first-order valence-electron chi connectivity index (χ1n) is 14.6. The molecule has 1 aromatic carbocycles. The van der Waals surface area contributed by atoms with E-state index in [4.69, 9.17) is 9.94 Å². The summed E-state index contributed by atoms with van der Waals surface area (Å²) >= 11 is 0. The van der Waals surface area contributed by atoms with Crippen LogP contribution in [0.5, 0.6) is 0 Å². The Bertz CT molecular complexity index is 1060. The van der Waals surface area contributed by atoms with Gasteiger partial charge in [-0.25, -0.2) is 15.4 Å². The zero-order chi connectivity index (χ0) is 28.3. The summed E-state index contributed by atoms with van der Waals surface area (Å²) in [6, 6.07) is 8.30. The Balaban J connectivity index is 1.15. The van der Waals surface area contributed by atoms with Gasteiger partial charge in [-0.05, 0) is 74.5 Å². The van der Waals surface area contributed by atoms with Crippen molar-refractivity contribution < 1.29 is 19.5 Å². The molecule has 1 atom stereocenters. The van der Waals surface area contributed by atoms with E-state index in [1.54, 1.807) is 5.48 Å². The quantitative estimate of drug-likeness (QED) is 0.167. The Morgan fingerprint density at radius 2 is 1.62 bits per heavy atom. The third-order valence-electron chi connectivity index (χ3n) is 7.81. The number of rotatable bonds is 13. The van der Waals surface area contributed by atoms with Crippen LogP contribution in [0.3, 0.4) is 0 Å². The number of amides is 1. The molecule has 2 aromatic rings. The van der Waals surface area contributed by atoms with Crippen LogP contribution >= 0.6 is 0 Å². The van der Waals surface area contributed by atoms with Crippen LogP contribution < -0.4 is 21.0 Å². The molecule has 0 unspecified atom stereocenters. The van der Waals surface area contributed by atoms with E-state index >= 15 is 0 Å². The summed E-state index contributed by atoms with van der Waals surface area (Å²) in [4.78, 5) is 34.9. The van der Waals surface area contributed by atoms with Gasteiger partial charge in [0, 0.05) is 38.6 Å². The van der Waals surface area contributed by atoms with Gasteiger partial charge < -0.3 is 20.3 Å². The van der Waals surface area contributed by atoms with Crippen LogP contribution in [-0.2, 0) is 22.6 Å². The molecule has 2 heterocycles. The molecule has 0 spiro atoms. The van der Waals surface area contributed by atoms with Gasteiger partial charge in [0.05, 0.1) is 5.56 Å². The predicted octanol–water partition coefficient (Wildman–Crippen LogP) is 3.59. The van der Waals surface area contributed by atoms with Crippen molar-refractivity contribution in [3.63, 3.8) is 0 Å². The number of nitrogens with one attached hydrogen (secondary N) is 3. The van der Waals surface area contributed by atoms with E-state index in [0.717, 1.165) is 76.7 Å². The van der Waals surface area contributed by atoms with Crippen molar-refractivity contribution in [2.45, 2.75) is 84.0 Å². The fourth-order valence-corrected chi connectivity index (χ4v) is 5.43. The highest BCUT2D eigenvalue weighted by atomic mass is 16.5. The van der Waals surface area contributed by atoms with E-state index in [-0.39, 0.29) is 23.7 Å². The second-order valence-electron chi connectivity index (χ2n) is 11.5. The van der Waals surface area contributed by atoms with Crippen LogP contribution in [0.1, 0.15) is 80.3 Å². The first-order chi connectivity index (χ1) is 19.4. The molecule has 1 saturated heterocycles. The molecule has 2 aliphatic rings. The number of esters is 1. The topological polar surface area (TPSA) is 129 Å². The van der Waals surface area contributed by atoms with Gasteiger partial charge in [0.25, 0.3) is 5.91 Å². The molecule has 10 nitrogen and oxygen atoms in total. The zero-order valence-corrected chi connectivity index (χ0v) is 23.8. The van der Waals surface area contributed by atoms with Gasteiger partial charge in [-0.3, -0.25) is 14.8 Å². The molecule has 4 rings (SSSR count). The molecule has 4 N–H and O–H groups in total. The number of carbonyl (C=O) groups excluding carboxylic acids is 2. The zero-order valence-electron chi connectivity index (χ0n) is 23.8. The largest absolute Gasteiger partial charge is 0.461 e. The number of carbonyl (C=O) groups is 2. The lowest BCUT2D eigenvalue weighted by atomic mass is 9.97. The Morgan fingerprint density at radius 3 is 2.23 bits per heavy atom. The number of anilines is 1. The second-order valence-corrected chi connectivity index (χ2v) is 11.5. The van der Waals surface area contributed by atoms with Crippen molar-refractivity contribution in [2.75, 3.05) is 24.5 Å². The maximum atomic E-state index is 12.8. The van der Waals surface area contributed by atoms with Crippen molar-refractivity contribution in [2.24, 2.45) is 11.8 Å². The minimum atomic E-state index is -0.616. The summed E-state index contributed by atoms with van der Waals surface area (Å²) in [7, 11) is 0. The Kier molecular flexibility index (Phi) is 11.3. The third-order valence-corrected chi connectivity index (χ3v) is 7.81. The lowest BCUT2D eigenvalue weighted by Crippen LogP contribution is -2.40. The summed E-state index contributed by atoms with van der Waals surface area (Å²) in [6.07, 6.45) is 10.1. The first kappa shape index (κ1) is 29.9. The molecular formula is C30H44N6O4. The average molecular weight is 553 g/mol. The molecule has 0 bridgehead atoms. The van der Waals surface area contributed by atoms with Crippen LogP contribution in [0.25, 0.3) is 0 Å². The van der Waals surface area contributed by atoms with Gasteiger partial charge in [-0.1, -0.05) is 38.1 Å². The summed E-state index contributed by atoms with van der Waals surface area (Å²) in [5.74, 6) is 0.882. The van der Waals surface area contributed by atoms with Crippen molar-refractivity contribution in [1.29, 1.82) is 0 Å². The molecule has 218 valence electrons. The van der Waals surface area contributed by atoms with E-state index in [9.17, 15) is 9.59 Å². The van der Waals surface area contributed by atoms with Crippen molar-refractivity contribution in [1.82, 2.24) is 26.1 Å². The highest BCUT2D eigenvalue weighted by molar-refractivity contribution is 5.92. The molecule has 40 heavy (non-hydrogen) atoms. The summed E-state index contributed by atoms with van der Waals surface area (Å²) in [5, 5.41) is 15.8. The van der Waals surface area contributed by atoms with Gasteiger partial charge >= 0.3 is 5.97 Å². The number of piperidine rings is 1. The fraction of sp³-hybridized carbons (Fsp3) is 0.600. The van der Waals surface area contributed by atoms with Crippen molar-refractivity contribution in [3.05, 3.63) is 53.3 Å². The van der Waals surface area contributed by atoms with E-state index in [1.807, 2.05) is 0 Å². The summed E-state index contributed by atoms with van der Waals surface area (Å²) in [6.45, 7) is 8.42. The van der Waals surface area contributed by atoms with E-state index < -0.39 is 5.91 Å². The maximum absolute atomic E-state index is 12.8. The number of nitrogens with zero attached hydrogens (tertiary/aromatic N) is 3. The molecular weight excluding hydrogens is 508 g/mol. The van der Waals surface area contributed by atoms with Crippen molar-refractivity contribution in [3.8, 4) is 0 Å². The number of hydroxylamine groups is 1. The van der Waals surface area contributed by atoms with Gasteiger partial charge in [0.1, 0.15) is 12.1 Å². The lowest BCUT2D eigenvalue weighted by Gasteiger charge is -2.32. The molecule has 2 fully saturated rings. The van der Waals surface area contributed by atoms with Crippen LogP contribution in [0.2, 0.25) is 0 Å². The second kappa shape index (κ2) is 15.1. The van der Waals surface area contributed by atoms with Crippen LogP contribution in [-0.4, -0.2) is 58.8 Å². The first-order valence-corrected chi connectivity index (χ1v) is 14.6. The molecule has 10 heteroatoms. The maximum Gasteiger partial charge on any atom is 0.323 e. The average Bonchev–Trinajstić information content (AvgIpc) is 3.49. The highest BCUT2D eigenvalue weighted by Crippen LogP contribution is 2.22. The van der Waals surface area contributed by atoms with E-state index in [0.29, 0.717) is 24.3 Å². The van der Waals surface area contributed by atoms with Gasteiger partial charge in [-0.2, -0.15) is 0 Å². The molecule has 1 amide bonds. The smallest absolute Gasteiger partial charge is 0.323 e. The van der Waals surface area contributed by atoms with E-state index in [2.05, 4.69) is 63.6 Å². The van der Waals surface area contributed by atoms with Crippen LogP contribution in [0, 0.1) is 11.8 Å². The lowest BCUT2D eigenvalue weighted by molar-refractivity contribution is -0.151. The Morgan fingerprint density at radius 1 is 1.00 bits per heavy atom. The fourth-order valence-electron chi connectivity index (χ4n) is 5.43. The number of hydrogen-bond acceptors (Lipinski definition) is 9. The van der Waals surface area contributed by atoms with Gasteiger partial charge in [0.15, 0.2) is 0 Å². The van der Waals surface area contributed by atoms with Gasteiger partial charge in [0.2, 0.25) is 5.95 Å². The third kappa shape index (κ3) is 8.97. The summed E-state index contributed by atoms with van der Waals surface area (Å²) in [5.41, 5.74) is 4.21. The monoisotopic (exact) mass is 552 g/mol. The SMILES string of the molecule is CC(C)C[C@H](NCc1ccc(CNCC2CCN(c3ncc(C(=O)NO)cn3)CC2)cc1)C(=O)OC1CCCC1. The van der Waals surface area contributed by atoms with Gasteiger partial charge in [-0.15, -0.1) is 0 Å².